The van der Waals surface area contributed by atoms with E-state index >= 15 is 0 Å². The van der Waals surface area contributed by atoms with Crippen molar-refractivity contribution < 1.29 is 4.79 Å². The standard InChI is InChI=1S/C12H11NO/c1-9-2-4-10(5-3-9)11-6-7-13-12(11)8-14/h2-8,13H,1H3. The maximum atomic E-state index is 10.7. The molecule has 0 aliphatic heterocycles. The van der Waals surface area contributed by atoms with E-state index in [1.54, 1.807) is 6.20 Å². The molecule has 0 aliphatic rings. The fourth-order valence-electron chi connectivity index (χ4n) is 1.46. The molecule has 2 aromatic rings. The number of carbonyl (C=O) groups excluding carboxylic acids is 1. The molecule has 1 N–H and O–H groups in total. The maximum absolute atomic E-state index is 10.7. The van der Waals surface area contributed by atoms with E-state index in [-0.39, 0.29) is 0 Å². The molecule has 0 bridgehead atoms. The summed E-state index contributed by atoms with van der Waals surface area (Å²) in [7, 11) is 0. The predicted octanol–water partition coefficient (Wildman–Crippen LogP) is 2.80. The summed E-state index contributed by atoms with van der Waals surface area (Å²) in [5, 5.41) is 0. The number of hydrogen-bond acceptors (Lipinski definition) is 1. The van der Waals surface area contributed by atoms with Gasteiger partial charge in [0.05, 0.1) is 5.69 Å². The van der Waals surface area contributed by atoms with Gasteiger partial charge >= 0.3 is 0 Å². The highest BCUT2D eigenvalue weighted by atomic mass is 16.1. The first kappa shape index (κ1) is 8.75. The first-order chi connectivity index (χ1) is 6.81. The first-order valence-corrected chi connectivity index (χ1v) is 4.51. The Balaban J connectivity index is 2.49. The second kappa shape index (κ2) is 3.50. The number of benzene rings is 1. The average molecular weight is 185 g/mol. The van der Waals surface area contributed by atoms with E-state index in [9.17, 15) is 4.79 Å². The molecule has 1 aromatic heterocycles. The Labute approximate surface area is 82.6 Å². The Hall–Kier alpha value is -1.83. The topological polar surface area (TPSA) is 32.9 Å². The molecule has 0 saturated heterocycles. The second-order valence-corrected chi connectivity index (χ2v) is 3.29. The van der Waals surface area contributed by atoms with Crippen LogP contribution in [0.3, 0.4) is 0 Å². The quantitative estimate of drug-likeness (QED) is 0.717. The molecule has 1 heterocycles. The van der Waals surface area contributed by atoms with Gasteiger partial charge in [0.2, 0.25) is 0 Å². The summed E-state index contributed by atoms with van der Waals surface area (Å²) in [6, 6.07) is 10.0. The van der Waals surface area contributed by atoms with Crippen molar-refractivity contribution in [2.24, 2.45) is 0 Å². The van der Waals surface area contributed by atoms with E-state index in [1.165, 1.54) is 5.56 Å². The summed E-state index contributed by atoms with van der Waals surface area (Å²) in [5.74, 6) is 0. The molecular formula is C12H11NO. The molecule has 2 nitrogen and oxygen atoms in total. The van der Waals surface area contributed by atoms with Crippen LogP contribution in [0.4, 0.5) is 0 Å². The number of H-pyrrole nitrogens is 1. The Kier molecular flexibility index (Phi) is 2.19. The number of rotatable bonds is 2. The first-order valence-electron chi connectivity index (χ1n) is 4.51. The summed E-state index contributed by atoms with van der Waals surface area (Å²) in [6.07, 6.45) is 2.62. The molecule has 0 spiro atoms. The second-order valence-electron chi connectivity index (χ2n) is 3.29. The molecule has 2 rings (SSSR count). The number of hydrogen-bond donors (Lipinski definition) is 1. The fourth-order valence-corrected chi connectivity index (χ4v) is 1.46. The van der Waals surface area contributed by atoms with Gasteiger partial charge in [0, 0.05) is 11.8 Å². The van der Waals surface area contributed by atoms with Crippen molar-refractivity contribution in [3.63, 3.8) is 0 Å². The van der Waals surface area contributed by atoms with Crippen LogP contribution in [0.1, 0.15) is 16.1 Å². The molecule has 14 heavy (non-hydrogen) atoms. The summed E-state index contributed by atoms with van der Waals surface area (Å²) in [4.78, 5) is 13.6. The summed E-state index contributed by atoms with van der Waals surface area (Å²) < 4.78 is 0. The van der Waals surface area contributed by atoms with E-state index in [4.69, 9.17) is 0 Å². The zero-order valence-corrected chi connectivity index (χ0v) is 7.95. The van der Waals surface area contributed by atoms with Gasteiger partial charge in [-0.05, 0) is 18.6 Å². The highest BCUT2D eigenvalue weighted by Gasteiger charge is 2.04. The monoisotopic (exact) mass is 185 g/mol. The molecule has 1 aromatic carbocycles. The Morgan fingerprint density at radius 3 is 2.50 bits per heavy atom. The van der Waals surface area contributed by atoms with Crippen LogP contribution in [0.2, 0.25) is 0 Å². The fraction of sp³-hybridized carbons (Fsp3) is 0.0833. The van der Waals surface area contributed by atoms with Crippen molar-refractivity contribution in [2.45, 2.75) is 6.92 Å². The van der Waals surface area contributed by atoms with Crippen LogP contribution >= 0.6 is 0 Å². The lowest BCUT2D eigenvalue weighted by Crippen LogP contribution is -1.83. The molecule has 0 saturated carbocycles. The molecule has 2 heteroatoms. The SMILES string of the molecule is Cc1ccc(-c2cc[nH]c2C=O)cc1. The number of aromatic amines is 1. The lowest BCUT2D eigenvalue weighted by atomic mass is 10.1. The summed E-state index contributed by atoms with van der Waals surface area (Å²) in [5.41, 5.74) is 3.88. The minimum atomic E-state index is 0.633. The molecule has 0 fully saturated rings. The number of carbonyl (C=O) groups is 1. The molecule has 0 radical (unpaired) electrons. The van der Waals surface area contributed by atoms with Crippen LogP contribution in [-0.2, 0) is 0 Å². The summed E-state index contributed by atoms with van der Waals surface area (Å²) in [6.45, 7) is 2.04. The van der Waals surface area contributed by atoms with Gasteiger partial charge in [-0.2, -0.15) is 0 Å². The molecule has 0 atom stereocenters. The van der Waals surface area contributed by atoms with E-state index in [1.807, 2.05) is 37.3 Å². The normalized spacial score (nSPS) is 10.1. The van der Waals surface area contributed by atoms with E-state index in [0.29, 0.717) is 5.69 Å². The van der Waals surface area contributed by atoms with Crippen molar-refractivity contribution >= 4 is 6.29 Å². The van der Waals surface area contributed by atoms with Crippen LogP contribution in [0, 0.1) is 6.92 Å². The third-order valence-electron chi connectivity index (χ3n) is 2.26. The Morgan fingerprint density at radius 2 is 1.86 bits per heavy atom. The highest BCUT2D eigenvalue weighted by Crippen LogP contribution is 2.21. The van der Waals surface area contributed by atoms with Crippen LogP contribution < -0.4 is 0 Å². The van der Waals surface area contributed by atoms with E-state index in [0.717, 1.165) is 17.4 Å². The van der Waals surface area contributed by atoms with Gasteiger partial charge in [0.1, 0.15) is 0 Å². The number of aldehydes is 1. The molecular weight excluding hydrogens is 174 g/mol. The van der Waals surface area contributed by atoms with Gasteiger partial charge < -0.3 is 4.98 Å². The van der Waals surface area contributed by atoms with Gasteiger partial charge in [-0.25, -0.2) is 0 Å². The largest absolute Gasteiger partial charge is 0.359 e. The third kappa shape index (κ3) is 1.46. The zero-order chi connectivity index (χ0) is 9.97. The van der Waals surface area contributed by atoms with Crippen LogP contribution in [0.25, 0.3) is 11.1 Å². The smallest absolute Gasteiger partial charge is 0.166 e. The van der Waals surface area contributed by atoms with Gasteiger partial charge in [-0.15, -0.1) is 0 Å². The zero-order valence-electron chi connectivity index (χ0n) is 7.95. The lowest BCUT2D eigenvalue weighted by Gasteiger charge is -1.99. The Bertz CT molecular complexity index is 440. The number of nitrogens with one attached hydrogen (secondary N) is 1. The third-order valence-corrected chi connectivity index (χ3v) is 2.26. The maximum Gasteiger partial charge on any atom is 0.166 e. The number of aryl methyl sites for hydroxylation is 1. The van der Waals surface area contributed by atoms with Crippen LogP contribution in [-0.4, -0.2) is 11.3 Å². The predicted molar refractivity (Wildman–Crippen MR) is 56.4 cm³/mol. The van der Waals surface area contributed by atoms with E-state index in [2.05, 4.69) is 4.98 Å². The highest BCUT2D eigenvalue weighted by molar-refractivity contribution is 5.85. The van der Waals surface area contributed by atoms with Gasteiger partial charge in [0.15, 0.2) is 6.29 Å². The molecule has 0 amide bonds. The lowest BCUT2D eigenvalue weighted by molar-refractivity contribution is 0.112. The molecule has 0 aliphatic carbocycles. The van der Waals surface area contributed by atoms with E-state index < -0.39 is 0 Å². The van der Waals surface area contributed by atoms with Crippen molar-refractivity contribution in [2.75, 3.05) is 0 Å². The minimum absolute atomic E-state index is 0.633. The summed E-state index contributed by atoms with van der Waals surface area (Å²) >= 11 is 0. The van der Waals surface area contributed by atoms with Crippen LogP contribution in [0.15, 0.2) is 36.5 Å². The van der Waals surface area contributed by atoms with Crippen molar-refractivity contribution in [3.8, 4) is 11.1 Å². The van der Waals surface area contributed by atoms with Crippen molar-refractivity contribution in [3.05, 3.63) is 47.8 Å². The van der Waals surface area contributed by atoms with Gasteiger partial charge in [0.25, 0.3) is 0 Å². The molecule has 0 unspecified atom stereocenters. The van der Waals surface area contributed by atoms with Crippen molar-refractivity contribution in [1.82, 2.24) is 4.98 Å². The average Bonchev–Trinajstić information content (AvgIpc) is 2.67. The van der Waals surface area contributed by atoms with Gasteiger partial charge in [-0.1, -0.05) is 29.8 Å². The van der Waals surface area contributed by atoms with Crippen LogP contribution in [0.5, 0.6) is 0 Å². The number of aromatic nitrogens is 1. The Morgan fingerprint density at radius 1 is 1.14 bits per heavy atom. The van der Waals surface area contributed by atoms with Crippen molar-refractivity contribution in [1.29, 1.82) is 0 Å². The minimum Gasteiger partial charge on any atom is -0.359 e. The van der Waals surface area contributed by atoms with Gasteiger partial charge in [-0.3, -0.25) is 4.79 Å². The molecule has 70 valence electrons.